The Balaban J connectivity index is 2.66. The van der Waals surface area contributed by atoms with Crippen molar-refractivity contribution in [3.05, 3.63) is 18.0 Å². The first kappa shape index (κ1) is 10.3. The summed E-state index contributed by atoms with van der Waals surface area (Å²) in [5, 5.41) is 7.57. The molecule has 1 aromatic rings. The van der Waals surface area contributed by atoms with Gasteiger partial charge in [-0.2, -0.15) is 5.10 Å². The van der Waals surface area contributed by atoms with E-state index in [0.29, 0.717) is 6.04 Å². The van der Waals surface area contributed by atoms with Crippen molar-refractivity contribution < 1.29 is 0 Å². The second kappa shape index (κ2) is 5.02. The quantitative estimate of drug-likeness (QED) is 0.752. The SMILES string of the molecule is CCCn1cc(C(CC)NC)cn1. The Kier molecular flexibility index (Phi) is 3.96. The standard InChI is InChI=1S/C10H19N3/c1-4-6-13-8-9(7-12-13)10(5-2)11-3/h7-8,10-11H,4-6H2,1-3H3. The molecule has 0 radical (unpaired) electrons. The lowest BCUT2D eigenvalue weighted by atomic mass is 10.1. The van der Waals surface area contributed by atoms with Gasteiger partial charge in [0.1, 0.15) is 0 Å². The molecular formula is C10H19N3. The molecule has 74 valence electrons. The molecule has 0 saturated carbocycles. The highest BCUT2D eigenvalue weighted by Crippen LogP contribution is 2.14. The topological polar surface area (TPSA) is 29.9 Å². The zero-order chi connectivity index (χ0) is 9.68. The van der Waals surface area contributed by atoms with E-state index < -0.39 is 0 Å². The Bertz CT molecular complexity index is 238. The average Bonchev–Trinajstić information content (AvgIpc) is 2.56. The van der Waals surface area contributed by atoms with Gasteiger partial charge >= 0.3 is 0 Å². The van der Waals surface area contributed by atoms with Crippen LogP contribution in [-0.2, 0) is 6.54 Å². The molecule has 0 aliphatic heterocycles. The first-order valence-electron chi connectivity index (χ1n) is 5.01. The number of aryl methyl sites for hydroxylation is 1. The van der Waals surface area contributed by atoms with Crippen molar-refractivity contribution in [2.75, 3.05) is 7.05 Å². The molecule has 0 bridgehead atoms. The monoisotopic (exact) mass is 181 g/mol. The highest BCUT2D eigenvalue weighted by Gasteiger charge is 2.07. The summed E-state index contributed by atoms with van der Waals surface area (Å²) in [7, 11) is 1.99. The maximum Gasteiger partial charge on any atom is 0.0537 e. The molecule has 13 heavy (non-hydrogen) atoms. The third-order valence-electron chi connectivity index (χ3n) is 2.27. The van der Waals surface area contributed by atoms with Crippen molar-refractivity contribution in [1.29, 1.82) is 0 Å². The van der Waals surface area contributed by atoms with Crippen LogP contribution >= 0.6 is 0 Å². The molecule has 1 aromatic heterocycles. The molecule has 1 rings (SSSR count). The molecule has 0 aromatic carbocycles. The number of hydrogen-bond donors (Lipinski definition) is 1. The van der Waals surface area contributed by atoms with Crippen LogP contribution in [0, 0.1) is 0 Å². The lowest BCUT2D eigenvalue weighted by molar-refractivity contribution is 0.571. The summed E-state index contributed by atoms with van der Waals surface area (Å²) in [6.45, 7) is 5.36. The van der Waals surface area contributed by atoms with Crippen LogP contribution in [0.4, 0.5) is 0 Å². The van der Waals surface area contributed by atoms with Crippen molar-refractivity contribution >= 4 is 0 Å². The molecule has 1 heterocycles. The van der Waals surface area contributed by atoms with Crippen LogP contribution < -0.4 is 5.32 Å². The first-order chi connectivity index (χ1) is 6.31. The van der Waals surface area contributed by atoms with Crippen LogP contribution in [0.15, 0.2) is 12.4 Å². The van der Waals surface area contributed by atoms with Crippen LogP contribution in [0.25, 0.3) is 0 Å². The number of hydrogen-bond acceptors (Lipinski definition) is 2. The van der Waals surface area contributed by atoms with Gasteiger partial charge in [0, 0.05) is 24.3 Å². The molecule has 1 N–H and O–H groups in total. The highest BCUT2D eigenvalue weighted by atomic mass is 15.3. The predicted octanol–water partition coefficient (Wildman–Crippen LogP) is 1.96. The van der Waals surface area contributed by atoms with Gasteiger partial charge in [-0.1, -0.05) is 13.8 Å². The minimum absolute atomic E-state index is 0.450. The van der Waals surface area contributed by atoms with E-state index in [-0.39, 0.29) is 0 Å². The van der Waals surface area contributed by atoms with Gasteiger partial charge in [-0.3, -0.25) is 4.68 Å². The second-order valence-corrected chi connectivity index (χ2v) is 3.29. The fraction of sp³-hybridized carbons (Fsp3) is 0.700. The molecular weight excluding hydrogens is 162 g/mol. The smallest absolute Gasteiger partial charge is 0.0537 e. The average molecular weight is 181 g/mol. The minimum Gasteiger partial charge on any atom is -0.313 e. The minimum atomic E-state index is 0.450. The lowest BCUT2D eigenvalue weighted by Gasteiger charge is -2.10. The first-order valence-corrected chi connectivity index (χ1v) is 5.01. The Labute approximate surface area is 80.1 Å². The molecule has 3 nitrogen and oxygen atoms in total. The van der Waals surface area contributed by atoms with Gasteiger partial charge in [-0.25, -0.2) is 0 Å². The molecule has 0 aliphatic carbocycles. The van der Waals surface area contributed by atoms with Crippen LogP contribution in [-0.4, -0.2) is 16.8 Å². The van der Waals surface area contributed by atoms with Gasteiger partial charge in [-0.05, 0) is 19.9 Å². The van der Waals surface area contributed by atoms with E-state index in [0.717, 1.165) is 19.4 Å². The summed E-state index contributed by atoms with van der Waals surface area (Å²) in [5.74, 6) is 0. The van der Waals surface area contributed by atoms with Gasteiger partial charge in [0.05, 0.1) is 6.20 Å². The van der Waals surface area contributed by atoms with E-state index >= 15 is 0 Å². The third kappa shape index (κ3) is 2.56. The zero-order valence-corrected chi connectivity index (χ0v) is 8.75. The van der Waals surface area contributed by atoms with E-state index in [4.69, 9.17) is 0 Å². The Morgan fingerprint density at radius 2 is 2.31 bits per heavy atom. The van der Waals surface area contributed by atoms with Crippen LogP contribution in [0.1, 0.15) is 38.3 Å². The molecule has 1 unspecified atom stereocenters. The molecule has 0 saturated heterocycles. The van der Waals surface area contributed by atoms with Crippen LogP contribution in [0.5, 0.6) is 0 Å². The summed E-state index contributed by atoms with van der Waals surface area (Å²) >= 11 is 0. The maximum absolute atomic E-state index is 4.30. The van der Waals surface area contributed by atoms with Gasteiger partial charge in [-0.15, -0.1) is 0 Å². The summed E-state index contributed by atoms with van der Waals surface area (Å²) in [4.78, 5) is 0. The number of nitrogens with zero attached hydrogens (tertiary/aromatic N) is 2. The Morgan fingerprint density at radius 3 is 2.85 bits per heavy atom. The van der Waals surface area contributed by atoms with Crippen LogP contribution in [0.2, 0.25) is 0 Å². The number of aromatic nitrogens is 2. The molecule has 0 spiro atoms. The molecule has 0 fully saturated rings. The fourth-order valence-corrected chi connectivity index (χ4v) is 1.52. The van der Waals surface area contributed by atoms with Gasteiger partial charge in [0.2, 0.25) is 0 Å². The Hall–Kier alpha value is -0.830. The molecule has 0 aliphatic rings. The lowest BCUT2D eigenvalue weighted by Crippen LogP contribution is -2.14. The third-order valence-corrected chi connectivity index (χ3v) is 2.27. The van der Waals surface area contributed by atoms with E-state index in [1.807, 2.05) is 17.9 Å². The zero-order valence-electron chi connectivity index (χ0n) is 8.75. The summed E-state index contributed by atoms with van der Waals surface area (Å²) < 4.78 is 2.01. The molecule has 1 atom stereocenters. The van der Waals surface area contributed by atoms with Gasteiger partial charge in [0.15, 0.2) is 0 Å². The molecule has 3 heteroatoms. The van der Waals surface area contributed by atoms with E-state index in [1.54, 1.807) is 0 Å². The predicted molar refractivity (Wildman–Crippen MR) is 54.6 cm³/mol. The second-order valence-electron chi connectivity index (χ2n) is 3.29. The summed E-state index contributed by atoms with van der Waals surface area (Å²) in [6, 6.07) is 0.450. The largest absolute Gasteiger partial charge is 0.313 e. The van der Waals surface area contributed by atoms with Crippen molar-refractivity contribution in [3.8, 4) is 0 Å². The van der Waals surface area contributed by atoms with Crippen molar-refractivity contribution in [1.82, 2.24) is 15.1 Å². The van der Waals surface area contributed by atoms with Crippen molar-refractivity contribution in [2.45, 2.75) is 39.3 Å². The molecule has 0 amide bonds. The van der Waals surface area contributed by atoms with Gasteiger partial charge in [0.25, 0.3) is 0 Å². The number of rotatable bonds is 5. The van der Waals surface area contributed by atoms with E-state index in [2.05, 4.69) is 30.5 Å². The van der Waals surface area contributed by atoms with E-state index in [9.17, 15) is 0 Å². The normalized spacial score (nSPS) is 13.2. The fourth-order valence-electron chi connectivity index (χ4n) is 1.52. The Morgan fingerprint density at radius 1 is 1.54 bits per heavy atom. The van der Waals surface area contributed by atoms with E-state index in [1.165, 1.54) is 5.56 Å². The van der Waals surface area contributed by atoms with Crippen molar-refractivity contribution in [2.24, 2.45) is 0 Å². The highest BCUT2D eigenvalue weighted by molar-refractivity contribution is 5.09. The van der Waals surface area contributed by atoms with Crippen LogP contribution in [0.3, 0.4) is 0 Å². The summed E-state index contributed by atoms with van der Waals surface area (Å²) in [6.07, 6.45) is 6.33. The maximum atomic E-state index is 4.30. The van der Waals surface area contributed by atoms with Gasteiger partial charge < -0.3 is 5.32 Å². The van der Waals surface area contributed by atoms with Crippen molar-refractivity contribution in [3.63, 3.8) is 0 Å². The summed E-state index contributed by atoms with van der Waals surface area (Å²) in [5.41, 5.74) is 1.29. The number of nitrogens with one attached hydrogen (secondary N) is 1.